The van der Waals surface area contributed by atoms with Crippen LogP contribution in [0.1, 0.15) is 11.1 Å². The lowest BCUT2D eigenvalue weighted by Crippen LogP contribution is -1.88. The van der Waals surface area contributed by atoms with Crippen molar-refractivity contribution >= 4 is 0 Å². The molecule has 0 spiro atoms. The Morgan fingerprint density at radius 3 is 2.44 bits per heavy atom. The fraction of sp³-hybridized carbons (Fsp3) is 0.143. The van der Waals surface area contributed by atoms with Crippen LogP contribution in [0.3, 0.4) is 0 Å². The summed E-state index contributed by atoms with van der Waals surface area (Å²) in [6, 6.07) is 13.0. The molecule has 1 N–H and O–H groups in total. The molecule has 0 aliphatic heterocycles. The van der Waals surface area contributed by atoms with Gasteiger partial charge in [0.15, 0.2) is 11.5 Å². The third-order valence-corrected chi connectivity index (χ3v) is 2.43. The van der Waals surface area contributed by atoms with E-state index in [4.69, 9.17) is 4.74 Å². The van der Waals surface area contributed by atoms with Crippen molar-refractivity contribution in [1.82, 2.24) is 0 Å². The SMILES string of the molecule is Cc1ccc(C)c(Oc2ccccc2O)c1. The summed E-state index contributed by atoms with van der Waals surface area (Å²) >= 11 is 0. The summed E-state index contributed by atoms with van der Waals surface area (Å²) in [6.45, 7) is 3.99. The van der Waals surface area contributed by atoms with Gasteiger partial charge in [-0.1, -0.05) is 24.3 Å². The molecular formula is C14H14O2. The van der Waals surface area contributed by atoms with Gasteiger partial charge in [-0.3, -0.25) is 0 Å². The van der Waals surface area contributed by atoms with E-state index >= 15 is 0 Å². The van der Waals surface area contributed by atoms with E-state index in [-0.39, 0.29) is 5.75 Å². The first-order valence-corrected chi connectivity index (χ1v) is 5.20. The van der Waals surface area contributed by atoms with E-state index in [0.29, 0.717) is 5.75 Å². The van der Waals surface area contributed by atoms with Gasteiger partial charge in [0.1, 0.15) is 5.75 Å². The van der Waals surface area contributed by atoms with E-state index in [1.807, 2.05) is 38.1 Å². The van der Waals surface area contributed by atoms with Crippen LogP contribution in [0.4, 0.5) is 0 Å². The number of benzene rings is 2. The fourth-order valence-electron chi connectivity index (χ4n) is 1.48. The Hall–Kier alpha value is -1.96. The maximum Gasteiger partial charge on any atom is 0.169 e. The number of rotatable bonds is 2. The lowest BCUT2D eigenvalue weighted by Gasteiger charge is -2.10. The topological polar surface area (TPSA) is 29.5 Å². The molecule has 0 aliphatic carbocycles. The summed E-state index contributed by atoms with van der Waals surface area (Å²) in [5.41, 5.74) is 2.19. The number of para-hydroxylation sites is 2. The van der Waals surface area contributed by atoms with E-state index in [2.05, 4.69) is 0 Å². The number of ether oxygens (including phenoxy) is 1. The Kier molecular flexibility index (Phi) is 2.82. The average molecular weight is 214 g/mol. The number of aromatic hydroxyl groups is 1. The smallest absolute Gasteiger partial charge is 0.169 e. The van der Waals surface area contributed by atoms with Crippen LogP contribution in [-0.2, 0) is 0 Å². The van der Waals surface area contributed by atoms with Gasteiger partial charge in [0.2, 0.25) is 0 Å². The van der Waals surface area contributed by atoms with Crippen LogP contribution in [0.2, 0.25) is 0 Å². The highest BCUT2D eigenvalue weighted by atomic mass is 16.5. The van der Waals surface area contributed by atoms with Crippen LogP contribution in [0.5, 0.6) is 17.2 Å². The third kappa shape index (κ3) is 2.16. The Morgan fingerprint density at radius 2 is 1.69 bits per heavy atom. The second kappa shape index (κ2) is 4.27. The largest absolute Gasteiger partial charge is 0.504 e. The minimum Gasteiger partial charge on any atom is -0.504 e. The van der Waals surface area contributed by atoms with E-state index < -0.39 is 0 Å². The summed E-state index contributed by atoms with van der Waals surface area (Å²) in [5.74, 6) is 1.42. The van der Waals surface area contributed by atoms with E-state index in [0.717, 1.165) is 16.9 Å². The Labute approximate surface area is 95.1 Å². The normalized spacial score (nSPS) is 10.1. The van der Waals surface area contributed by atoms with Crippen LogP contribution in [-0.4, -0.2) is 5.11 Å². The minimum absolute atomic E-state index is 0.156. The molecule has 0 atom stereocenters. The van der Waals surface area contributed by atoms with Crippen molar-refractivity contribution in [3.63, 3.8) is 0 Å². The standard InChI is InChI=1S/C14H14O2/c1-10-7-8-11(2)14(9-10)16-13-6-4-3-5-12(13)15/h3-9,15H,1-2H3. The van der Waals surface area contributed by atoms with Crippen molar-refractivity contribution in [3.8, 4) is 17.2 Å². The second-order valence-electron chi connectivity index (χ2n) is 3.84. The highest BCUT2D eigenvalue weighted by Gasteiger charge is 2.05. The quantitative estimate of drug-likeness (QED) is 0.823. The van der Waals surface area contributed by atoms with Gasteiger partial charge in [0.05, 0.1) is 0 Å². The molecule has 0 heterocycles. The van der Waals surface area contributed by atoms with Crippen molar-refractivity contribution in [2.24, 2.45) is 0 Å². The molecule has 0 amide bonds. The molecule has 82 valence electrons. The number of hydrogen-bond acceptors (Lipinski definition) is 2. The van der Waals surface area contributed by atoms with Crippen LogP contribution < -0.4 is 4.74 Å². The maximum absolute atomic E-state index is 9.61. The van der Waals surface area contributed by atoms with Crippen LogP contribution in [0.15, 0.2) is 42.5 Å². The van der Waals surface area contributed by atoms with E-state index in [1.54, 1.807) is 18.2 Å². The van der Waals surface area contributed by atoms with Gasteiger partial charge in [-0.2, -0.15) is 0 Å². The lowest BCUT2D eigenvalue weighted by molar-refractivity contribution is 0.409. The Balaban J connectivity index is 2.34. The van der Waals surface area contributed by atoms with E-state index in [9.17, 15) is 5.11 Å². The molecule has 0 fully saturated rings. The number of phenols is 1. The Bertz CT molecular complexity index is 504. The van der Waals surface area contributed by atoms with Crippen LogP contribution in [0.25, 0.3) is 0 Å². The van der Waals surface area contributed by atoms with E-state index in [1.165, 1.54) is 0 Å². The van der Waals surface area contributed by atoms with Gasteiger partial charge < -0.3 is 9.84 Å². The predicted octanol–water partition coefficient (Wildman–Crippen LogP) is 3.80. The number of hydrogen-bond donors (Lipinski definition) is 1. The first-order chi connectivity index (χ1) is 7.66. The molecule has 2 nitrogen and oxygen atoms in total. The molecule has 2 aromatic carbocycles. The van der Waals surface area contributed by atoms with Crippen molar-refractivity contribution in [2.45, 2.75) is 13.8 Å². The zero-order valence-electron chi connectivity index (χ0n) is 9.40. The fourth-order valence-corrected chi connectivity index (χ4v) is 1.48. The number of aryl methyl sites for hydroxylation is 2. The van der Waals surface area contributed by atoms with Gasteiger partial charge in [0, 0.05) is 0 Å². The van der Waals surface area contributed by atoms with Crippen molar-refractivity contribution in [2.75, 3.05) is 0 Å². The molecular weight excluding hydrogens is 200 g/mol. The predicted molar refractivity (Wildman–Crippen MR) is 64.1 cm³/mol. The van der Waals surface area contributed by atoms with Crippen molar-refractivity contribution in [1.29, 1.82) is 0 Å². The molecule has 0 saturated heterocycles. The highest BCUT2D eigenvalue weighted by Crippen LogP contribution is 2.31. The second-order valence-corrected chi connectivity index (χ2v) is 3.84. The summed E-state index contributed by atoms with van der Waals surface area (Å²) in [4.78, 5) is 0. The molecule has 0 aliphatic rings. The molecule has 0 radical (unpaired) electrons. The van der Waals surface area contributed by atoms with Gasteiger partial charge >= 0.3 is 0 Å². The molecule has 16 heavy (non-hydrogen) atoms. The number of phenolic OH excluding ortho intramolecular Hbond substituents is 1. The highest BCUT2D eigenvalue weighted by molar-refractivity contribution is 5.44. The van der Waals surface area contributed by atoms with Gasteiger partial charge in [-0.25, -0.2) is 0 Å². The monoisotopic (exact) mass is 214 g/mol. The molecule has 0 unspecified atom stereocenters. The summed E-state index contributed by atoms with van der Waals surface area (Å²) in [6.07, 6.45) is 0. The maximum atomic E-state index is 9.61. The molecule has 0 aromatic heterocycles. The van der Waals surface area contributed by atoms with Crippen LogP contribution >= 0.6 is 0 Å². The molecule has 2 heteroatoms. The van der Waals surface area contributed by atoms with Crippen molar-refractivity contribution < 1.29 is 9.84 Å². The molecule has 2 rings (SSSR count). The van der Waals surface area contributed by atoms with Gasteiger partial charge in [-0.05, 0) is 43.2 Å². The zero-order valence-corrected chi connectivity index (χ0v) is 9.40. The van der Waals surface area contributed by atoms with Crippen LogP contribution in [0, 0.1) is 13.8 Å². The molecule has 0 saturated carbocycles. The summed E-state index contributed by atoms with van der Waals surface area (Å²) in [5, 5.41) is 9.61. The lowest BCUT2D eigenvalue weighted by atomic mass is 10.1. The first-order valence-electron chi connectivity index (χ1n) is 5.20. The first kappa shape index (κ1) is 10.6. The van der Waals surface area contributed by atoms with Gasteiger partial charge in [-0.15, -0.1) is 0 Å². The van der Waals surface area contributed by atoms with Crippen molar-refractivity contribution in [3.05, 3.63) is 53.6 Å². The minimum atomic E-state index is 0.156. The molecule has 0 bridgehead atoms. The zero-order chi connectivity index (χ0) is 11.5. The average Bonchev–Trinajstić information content (AvgIpc) is 2.27. The summed E-state index contributed by atoms with van der Waals surface area (Å²) in [7, 11) is 0. The third-order valence-electron chi connectivity index (χ3n) is 2.43. The summed E-state index contributed by atoms with van der Waals surface area (Å²) < 4.78 is 5.67. The van der Waals surface area contributed by atoms with Gasteiger partial charge in [0.25, 0.3) is 0 Å². The Morgan fingerprint density at radius 1 is 0.938 bits per heavy atom. The molecule has 2 aromatic rings.